The standard InChI is InChI=1S/C13H10.C12H8O.C12H10/c1-3-7-12-10(5-1)9-11-6-2-4-8-13(11)12;1-3-7-11-9(5-1)10-6-2-4-8-12(10)13-11;1-3-9-4-2-6-11-8-7-10(5-1)12(9)11/h1-8H,9H2;1-8H;1-6H,7-8H2. The number of fused-ring (bicyclic) bond motifs is 6. The molecule has 0 saturated heterocycles. The molecule has 0 spiro atoms. The molecule has 1 heteroatoms. The molecule has 7 aromatic rings. The molecule has 2 aliphatic carbocycles. The fraction of sp³-hybridized carbons (Fsp3) is 0.0811. The summed E-state index contributed by atoms with van der Waals surface area (Å²) < 4.78 is 5.65. The molecule has 182 valence electrons. The van der Waals surface area contributed by atoms with Crippen LogP contribution < -0.4 is 0 Å². The molecule has 0 fully saturated rings. The first-order chi connectivity index (χ1) is 18.8. The van der Waals surface area contributed by atoms with Crippen LogP contribution >= 0.6 is 0 Å². The van der Waals surface area contributed by atoms with Gasteiger partial charge in [-0.25, -0.2) is 0 Å². The highest BCUT2D eigenvalue weighted by molar-refractivity contribution is 6.04. The maximum Gasteiger partial charge on any atom is 0.135 e. The summed E-state index contributed by atoms with van der Waals surface area (Å²) in [6, 6.07) is 46.7. The van der Waals surface area contributed by atoms with Crippen LogP contribution in [0.4, 0.5) is 0 Å². The summed E-state index contributed by atoms with van der Waals surface area (Å²) >= 11 is 0. The zero-order valence-electron chi connectivity index (χ0n) is 21.2. The average molecular weight is 489 g/mol. The third-order valence-electron chi connectivity index (χ3n) is 7.73. The van der Waals surface area contributed by atoms with E-state index in [4.69, 9.17) is 4.42 Å². The van der Waals surface area contributed by atoms with E-state index in [9.17, 15) is 0 Å². The fourth-order valence-electron chi connectivity index (χ4n) is 5.94. The van der Waals surface area contributed by atoms with Crippen LogP contribution in [0.15, 0.2) is 138 Å². The minimum Gasteiger partial charge on any atom is -0.456 e. The van der Waals surface area contributed by atoms with Gasteiger partial charge in [0, 0.05) is 10.8 Å². The molecular formula is C37H28O. The van der Waals surface area contributed by atoms with Crippen molar-refractivity contribution in [3.05, 3.63) is 156 Å². The van der Waals surface area contributed by atoms with Crippen molar-refractivity contribution in [2.45, 2.75) is 19.3 Å². The zero-order valence-corrected chi connectivity index (χ0v) is 21.2. The predicted molar refractivity (Wildman–Crippen MR) is 160 cm³/mol. The van der Waals surface area contributed by atoms with Crippen LogP contribution in [0.5, 0.6) is 0 Å². The number of hydrogen-bond donors (Lipinski definition) is 0. The molecule has 1 aromatic heterocycles. The van der Waals surface area contributed by atoms with E-state index in [1.54, 1.807) is 0 Å². The summed E-state index contributed by atoms with van der Waals surface area (Å²) in [4.78, 5) is 0. The molecule has 0 aliphatic heterocycles. The van der Waals surface area contributed by atoms with Gasteiger partial charge in [-0.15, -0.1) is 0 Å². The van der Waals surface area contributed by atoms with Gasteiger partial charge in [0.15, 0.2) is 0 Å². The minimum absolute atomic E-state index is 0.962. The molecule has 0 unspecified atom stereocenters. The van der Waals surface area contributed by atoms with Gasteiger partial charge in [0.2, 0.25) is 0 Å². The van der Waals surface area contributed by atoms with Crippen molar-refractivity contribution in [2.24, 2.45) is 0 Å². The second-order valence-electron chi connectivity index (χ2n) is 10.0. The quantitative estimate of drug-likeness (QED) is 0.207. The SMILES string of the molecule is c1cc2c3c(cccc3c1)CC2.c1ccc2c(c1)Cc1ccccc1-2.c1ccc2c(c1)oc1ccccc12. The Labute approximate surface area is 223 Å². The van der Waals surface area contributed by atoms with Crippen molar-refractivity contribution in [3.8, 4) is 11.1 Å². The van der Waals surface area contributed by atoms with Gasteiger partial charge in [-0.1, -0.05) is 121 Å². The Balaban J connectivity index is 0.0000000956. The maximum atomic E-state index is 5.65. The normalized spacial score (nSPS) is 12.4. The van der Waals surface area contributed by atoms with Crippen LogP contribution in [0, 0.1) is 0 Å². The molecule has 0 atom stereocenters. The summed E-state index contributed by atoms with van der Waals surface area (Å²) in [6.07, 6.45) is 3.57. The van der Waals surface area contributed by atoms with Crippen molar-refractivity contribution in [3.63, 3.8) is 0 Å². The molecular weight excluding hydrogens is 460 g/mol. The van der Waals surface area contributed by atoms with Crippen LogP contribution in [-0.2, 0) is 19.3 Å². The van der Waals surface area contributed by atoms with E-state index in [2.05, 4.69) is 97.1 Å². The van der Waals surface area contributed by atoms with E-state index in [1.807, 2.05) is 36.4 Å². The largest absolute Gasteiger partial charge is 0.456 e. The zero-order chi connectivity index (χ0) is 25.3. The third kappa shape index (κ3) is 4.07. The molecule has 9 rings (SSSR count). The Morgan fingerprint density at radius 1 is 0.395 bits per heavy atom. The number of para-hydroxylation sites is 2. The highest BCUT2D eigenvalue weighted by Crippen LogP contribution is 2.35. The Morgan fingerprint density at radius 3 is 1.39 bits per heavy atom. The monoisotopic (exact) mass is 488 g/mol. The lowest BCUT2D eigenvalue weighted by molar-refractivity contribution is 0.669. The molecule has 1 heterocycles. The van der Waals surface area contributed by atoms with Gasteiger partial charge in [-0.3, -0.25) is 0 Å². The molecule has 1 nitrogen and oxygen atoms in total. The van der Waals surface area contributed by atoms with Gasteiger partial charge in [0.25, 0.3) is 0 Å². The lowest BCUT2D eigenvalue weighted by Crippen LogP contribution is -1.77. The van der Waals surface area contributed by atoms with Crippen molar-refractivity contribution in [1.82, 2.24) is 0 Å². The van der Waals surface area contributed by atoms with Gasteiger partial charge < -0.3 is 4.42 Å². The highest BCUT2D eigenvalue weighted by atomic mass is 16.3. The Morgan fingerprint density at radius 2 is 0.842 bits per heavy atom. The van der Waals surface area contributed by atoms with Crippen molar-refractivity contribution in [2.75, 3.05) is 0 Å². The van der Waals surface area contributed by atoms with E-state index in [-0.39, 0.29) is 0 Å². The van der Waals surface area contributed by atoms with E-state index in [0.717, 1.165) is 17.6 Å². The summed E-state index contributed by atoms with van der Waals surface area (Å²) in [6.45, 7) is 0. The molecule has 6 aromatic carbocycles. The molecule has 0 radical (unpaired) electrons. The first-order valence-electron chi connectivity index (χ1n) is 13.4. The van der Waals surface area contributed by atoms with Crippen molar-refractivity contribution < 1.29 is 4.42 Å². The van der Waals surface area contributed by atoms with Crippen molar-refractivity contribution in [1.29, 1.82) is 0 Å². The number of furan rings is 1. The average Bonchev–Trinajstić information content (AvgIpc) is 3.68. The summed E-state index contributed by atoms with van der Waals surface area (Å²) in [5.41, 5.74) is 10.7. The summed E-state index contributed by atoms with van der Waals surface area (Å²) in [7, 11) is 0. The van der Waals surface area contributed by atoms with Crippen LogP contribution in [0.3, 0.4) is 0 Å². The van der Waals surface area contributed by atoms with Crippen molar-refractivity contribution >= 4 is 32.7 Å². The first-order valence-corrected chi connectivity index (χ1v) is 13.4. The molecule has 0 amide bonds. The molecule has 38 heavy (non-hydrogen) atoms. The predicted octanol–water partition coefficient (Wildman–Crippen LogP) is 9.78. The second kappa shape index (κ2) is 9.68. The first kappa shape index (κ1) is 22.6. The van der Waals surface area contributed by atoms with Gasteiger partial charge in [0.05, 0.1) is 0 Å². The molecule has 0 bridgehead atoms. The number of benzene rings is 6. The van der Waals surface area contributed by atoms with Gasteiger partial charge in [0.1, 0.15) is 11.2 Å². The third-order valence-corrected chi connectivity index (χ3v) is 7.73. The van der Waals surface area contributed by atoms with Crippen LogP contribution in [0.2, 0.25) is 0 Å². The van der Waals surface area contributed by atoms with Gasteiger partial charge in [-0.05, 0) is 75.5 Å². The lowest BCUT2D eigenvalue weighted by atomic mass is 10.1. The number of rotatable bonds is 0. The second-order valence-corrected chi connectivity index (χ2v) is 10.0. The van der Waals surface area contributed by atoms with Crippen LogP contribution in [0.25, 0.3) is 43.8 Å². The lowest BCUT2D eigenvalue weighted by Gasteiger charge is -1.99. The van der Waals surface area contributed by atoms with E-state index >= 15 is 0 Å². The smallest absolute Gasteiger partial charge is 0.135 e. The van der Waals surface area contributed by atoms with E-state index in [1.165, 1.54) is 67.8 Å². The Bertz CT molecular complexity index is 1770. The summed E-state index contributed by atoms with van der Waals surface area (Å²) in [5.74, 6) is 0. The fourth-order valence-corrected chi connectivity index (χ4v) is 5.94. The number of hydrogen-bond acceptors (Lipinski definition) is 1. The number of aryl methyl sites for hydroxylation is 2. The summed E-state index contributed by atoms with van der Waals surface area (Å²) in [5, 5.41) is 5.30. The van der Waals surface area contributed by atoms with E-state index in [0.29, 0.717) is 0 Å². The van der Waals surface area contributed by atoms with E-state index < -0.39 is 0 Å². The van der Waals surface area contributed by atoms with Gasteiger partial charge >= 0.3 is 0 Å². The van der Waals surface area contributed by atoms with Crippen LogP contribution in [-0.4, -0.2) is 0 Å². The topological polar surface area (TPSA) is 13.1 Å². The Hall–Kier alpha value is -4.62. The highest BCUT2D eigenvalue weighted by Gasteiger charge is 2.16. The van der Waals surface area contributed by atoms with Gasteiger partial charge in [-0.2, -0.15) is 0 Å². The minimum atomic E-state index is 0.962. The molecule has 2 aliphatic rings. The molecule has 0 N–H and O–H groups in total. The maximum absolute atomic E-state index is 5.65. The molecule has 0 saturated carbocycles. The Kier molecular flexibility index (Phi) is 5.75. The van der Waals surface area contributed by atoms with Crippen LogP contribution in [0.1, 0.15) is 22.3 Å².